The van der Waals surface area contributed by atoms with Gasteiger partial charge in [-0.25, -0.2) is 8.78 Å². The van der Waals surface area contributed by atoms with Gasteiger partial charge in [-0.1, -0.05) is 11.6 Å². The third-order valence-electron chi connectivity index (χ3n) is 1.06. The van der Waals surface area contributed by atoms with Gasteiger partial charge in [-0.05, 0) is 44.6 Å². The SMILES string of the molecule is Fc1cc(Br)c(I)c(Cl)c1F. The standard InChI is InChI=1S/C6HBrClF2I/c7-2-1-3(9)5(10)4(8)6(2)11/h1H. The molecule has 0 aliphatic heterocycles. The molecule has 0 N–H and O–H groups in total. The lowest BCUT2D eigenvalue weighted by Gasteiger charge is -2.00. The fourth-order valence-electron chi connectivity index (χ4n) is 0.544. The van der Waals surface area contributed by atoms with E-state index < -0.39 is 11.6 Å². The maximum Gasteiger partial charge on any atom is 0.178 e. The minimum atomic E-state index is -1.00. The zero-order valence-corrected chi connectivity index (χ0v) is 9.47. The second-order valence-electron chi connectivity index (χ2n) is 1.78. The molecule has 0 aromatic heterocycles. The molecule has 0 bridgehead atoms. The summed E-state index contributed by atoms with van der Waals surface area (Å²) in [5.74, 6) is -1.94. The molecule has 1 aromatic carbocycles. The summed E-state index contributed by atoms with van der Waals surface area (Å²) in [5.41, 5.74) is 0. The van der Waals surface area contributed by atoms with Crippen LogP contribution in [0.3, 0.4) is 0 Å². The van der Waals surface area contributed by atoms with Crippen molar-refractivity contribution in [1.82, 2.24) is 0 Å². The van der Waals surface area contributed by atoms with Crippen LogP contribution in [0.15, 0.2) is 10.5 Å². The van der Waals surface area contributed by atoms with E-state index in [0.717, 1.165) is 6.07 Å². The average Bonchev–Trinajstić information content (AvgIpc) is 1.97. The summed E-state index contributed by atoms with van der Waals surface area (Å²) in [6.07, 6.45) is 0. The Morgan fingerprint density at radius 3 is 2.55 bits per heavy atom. The summed E-state index contributed by atoms with van der Waals surface area (Å²) in [6, 6.07) is 1.04. The molecule has 11 heavy (non-hydrogen) atoms. The van der Waals surface area contributed by atoms with Crippen LogP contribution in [-0.4, -0.2) is 0 Å². The quantitative estimate of drug-likeness (QED) is 0.376. The number of hydrogen-bond donors (Lipinski definition) is 0. The van der Waals surface area contributed by atoms with E-state index in [2.05, 4.69) is 15.9 Å². The first-order valence-electron chi connectivity index (χ1n) is 2.52. The van der Waals surface area contributed by atoms with Crippen LogP contribution in [0.25, 0.3) is 0 Å². The lowest BCUT2D eigenvalue weighted by atomic mass is 10.3. The topological polar surface area (TPSA) is 0 Å². The molecular weight excluding hydrogens is 352 g/mol. The van der Waals surface area contributed by atoms with Crippen molar-refractivity contribution in [3.05, 3.63) is 30.8 Å². The Bertz CT molecular complexity index is 277. The van der Waals surface area contributed by atoms with Gasteiger partial charge in [0, 0.05) is 8.04 Å². The van der Waals surface area contributed by atoms with Crippen molar-refractivity contribution in [3.8, 4) is 0 Å². The number of hydrogen-bond acceptors (Lipinski definition) is 0. The maximum absolute atomic E-state index is 12.6. The van der Waals surface area contributed by atoms with Crippen LogP contribution in [0.5, 0.6) is 0 Å². The largest absolute Gasteiger partial charge is 0.204 e. The summed E-state index contributed by atoms with van der Waals surface area (Å²) < 4.78 is 26.1. The summed E-state index contributed by atoms with van der Waals surface area (Å²) in [6.45, 7) is 0. The van der Waals surface area contributed by atoms with Gasteiger partial charge in [0.15, 0.2) is 11.6 Å². The maximum atomic E-state index is 12.6. The van der Waals surface area contributed by atoms with Crippen LogP contribution >= 0.6 is 50.1 Å². The summed E-state index contributed by atoms with van der Waals surface area (Å²) in [7, 11) is 0. The number of benzene rings is 1. The van der Waals surface area contributed by atoms with E-state index in [1.807, 2.05) is 22.6 Å². The first kappa shape index (κ1) is 9.67. The molecule has 0 fully saturated rings. The van der Waals surface area contributed by atoms with Gasteiger partial charge in [0.05, 0.1) is 5.02 Å². The molecule has 0 aliphatic carbocycles. The Balaban J connectivity index is 3.46. The average molecular weight is 353 g/mol. The van der Waals surface area contributed by atoms with Gasteiger partial charge in [0.2, 0.25) is 0 Å². The van der Waals surface area contributed by atoms with E-state index >= 15 is 0 Å². The molecular formula is C6HBrClF2I. The predicted molar refractivity (Wildman–Crippen MR) is 51.8 cm³/mol. The highest BCUT2D eigenvalue weighted by molar-refractivity contribution is 14.1. The van der Waals surface area contributed by atoms with E-state index in [9.17, 15) is 8.78 Å². The van der Waals surface area contributed by atoms with Gasteiger partial charge < -0.3 is 0 Å². The number of halogens is 5. The summed E-state index contributed by atoms with van der Waals surface area (Å²) in [4.78, 5) is 0. The number of rotatable bonds is 0. The van der Waals surface area contributed by atoms with Gasteiger partial charge in [-0.2, -0.15) is 0 Å². The zero-order chi connectivity index (χ0) is 8.59. The van der Waals surface area contributed by atoms with Gasteiger partial charge in [-0.3, -0.25) is 0 Å². The second-order valence-corrected chi connectivity index (χ2v) is 4.09. The second kappa shape index (κ2) is 3.53. The van der Waals surface area contributed by atoms with Crippen molar-refractivity contribution in [2.75, 3.05) is 0 Å². The summed E-state index contributed by atoms with van der Waals surface area (Å²) >= 11 is 10.3. The monoisotopic (exact) mass is 352 g/mol. The van der Waals surface area contributed by atoms with Crippen LogP contribution in [0.2, 0.25) is 5.02 Å². The molecule has 1 aromatic rings. The van der Waals surface area contributed by atoms with Crippen LogP contribution in [0, 0.1) is 15.2 Å². The van der Waals surface area contributed by atoms with Gasteiger partial charge in [0.25, 0.3) is 0 Å². The third kappa shape index (κ3) is 1.84. The highest BCUT2D eigenvalue weighted by atomic mass is 127. The molecule has 0 unspecified atom stereocenters. The van der Waals surface area contributed by atoms with Crippen molar-refractivity contribution in [3.63, 3.8) is 0 Å². The Labute approximate surface area is 89.2 Å². The fourth-order valence-corrected chi connectivity index (χ4v) is 1.64. The zero-order valence-electron chi connectivity index (χ0n) is 4.97. The van der Waals surface area contributed by atoms with Crippen molar-refractivity contribution in [1.29, 1.82) is 0 Å². The van der Waals surface area contributed by atoms with Crippen LogP contribution in [-0.2, 0) is 0 Å². The Kier molecular flexibility index (Phi) is 3.10. The van der Waals surface area contributed by atoms with Crippen molar-refractivity contribution >= 4 is 50.1 Å². The lowest BCUT2D eigenvalue weighted by Crippen LogP contribution is -1.89. The first-order chi connectivity index (χ1) is 5.04. The Morgan fingerprint density at radius 2 is 2.00 bits per heavy atom. The molecule has 0 heterocycles. The highest BCUT2D eigenvalue weighted by Crippen LogP contribution is 2.30. The van der Waals surface area contributed by atoms with Crippen molar-refractivity contribution in [2.24, 2.45) is 0 Å². The van der Waals surface area contributed by atoms with Crippen molar-refractivity contribution < 1.29 is 8.78 Å². The molecule has 0 aliphatic rings. The minimum absolute atomic E-state index is 0.183. The first-order valence-corrected chi connectivity index (χ1v) is 4.77. The minimum Gasteiger partial charge on any atom is -0.204 e. The molecule has 0 amide bonds. The Hall–Kier alpha value is 0.580. The summed E-state index contributed by atoms with van der Waals surface area (Å²) in [5, 5.41) is -0.183. The van der Waals surface area contributed by atoms with Gasteiger partial charge >= 0.3 is 0 Å². The Morgan fingerprint density at radius 1 is 1.45 bits per heavy atom. The van der Waals surface area contributed by atoms with Crippen molar-refractivity contribution in [2.45, 2.75) is 0 Å². The molecule has 0 saturated heterocycles. The van der Waals surface area contributed by atoms with E-state index in [4.69, 9.17) is 11.6 Å². The lowest BCUT2D eigenvalue weighted by molar-refractivity contribution is 0.507. The van der Waals surface area contributed by atoms with Crippen LogP contribution in [0.1, 0.15) is 0 Å². The van der Waals surface area contributed by atoms with E-state index in [1.165, 1.54) is 0 Å². The van der Waals surface area contributed by atoms with Gasteiger partial charge in [0.1, 0.15) is 0 Å². The molecule has 0 atom stereocenters. The predicted octanol–water partition coefficient (Wildman–Crippen LogP) is 3.99. The molecule has 60 valence electrons. The molecule has 1 rings (SSSR count). The van der Waals surface area contributed by atoms with E-state index in [0.29, 0.717) is 8.04 Å². The fraction of sp³-hybridized carbons (Fsp3) is 0. The highest BCUT2D eigenvalue weighted by Gasteiger charge is 2.12. The van der Waals surface area contributed by atoms with E-state index in [-0.39, 0.29) is 5.02 Å². The molecule has 0 saturated carbocycles. The smallest absolute Gasteiger partial charge is 0.178 e. The van der Waals surface area contributed by atoms with Crippen LogP contribution in [0.4, 0.5) is 8.78 Å². The molecule has 0 nitrogen and oxygen atoms in total. The molecule has 0 spiro atoms. The van der Waals surface area contributed by atoms with Gasteiger partial charge in [-0.15, -0.1) is 0 Å². The molecule has 0 radical (unpaired) electrons. The van der Waals surface area contributed by atoms with E-state index in [1.54, 1.807) is 0 Å². The third-order valence-corrected chi connectivity index (χ3v) is 4.22. The molecule has 5 heteroatoms. The normalized spacial score (nSPS) is 10.3. The van der Waals surface area contributed by atoms with Crippen LogP contribution < -0.4 is 0 Å².